The monoisotopic (exact) mass is 187 g/mol. The van der Waals surface area contributed by atoms with Crippen molar-refractivity contribution >= 4 is 17.7 Å². The minimum atomic E-state index is -1.14. The van der Waals surface area contributed by atoms with Gasteiger partial charge in [-0.3, -0.25) is 25.2 Å². The summed E-state index contributed by atoms with van der Waals surface area (Å²) < 4.78 is 0. The minimum Gasteiger partial charge on any atom is -0.361 e. The number of hydrazine groups is 1. The van der Waals surface area contributed by atoms with Crippen LogP contribution in [0, 0.1) is 5.41 Å². The van der Waals surface area contributed by atoms with E-state index in [0.717, 1.165) is 0 Å². The molecule has 0 saturated heterocycles. The van der Waals surface area contributed by atoms with Crippen LogP contribution in [0.25, 0.3) is 0 Å². The molecule has 0 aliphatic rings. The molecule has 0 aromatic carbocycles. The first-order chi connectivity index (χ1) is 5.75. The maximum atomic E-state index is 11.1. The molecular formula is C7H13N3O3. The molecule has 0 rings (SSSR count). The van der Waals surface area contributed by atoms with Gasteiger partial charge in [0, 0.05) is 5.41 Å². The van der Waals surface area contributed by atoms with E-state index < -0.39 is 23.1 Å². The van der Waals surface area contributed by atoms with Crippen LogP contribution in [-0.2, 0) is 14.4 Å². The second kappa shape index (κ2) is 3.88. The van der Waals surface area contributed by atoms with Gasteiger partial charge < -0.3 is 5.73 Å². The Morgan fingerprint density at radius 2 is 1.54 bits per heavy atom. The molecule has 13 heavy (non-hydrogen) atoms. The van der Waals surface area contributed by atoms with Crippen LogP contribution in [0.15, 0.2) is 0 Å². The number of amides is 3. The van der Waals surface area contributed by atoms with E-state index in [-0.39, 0.29) is 0 Å². The summed E-state index contributed by atoms with van der Waals surface area (Å²) in [5, 5.41) is 0. The Hall–Kier alpha value is -1.59. The van der Waals surface area contributed by atoms with Crippen LogP contribution in [-0.4, -0.2) is 17.7 Å². The predicted octanol–water partition coefficient (Wildman–Crippen LogP) is -1.33. The van der Waals surface area contributed by atoms with Gasteiger partial charge in [0.25, 0.3) is 0 Å². The highest BCUT2D eigenvalue weighted by Crippen LogP contribution is 2.11. The number of carbonyl (C=O) groups excluding carboxylic acids is 3. The van der Waals surface area contributed by atoms with Gasteiger partial charge in [-0.05, 0) is 0 Å². The summed E-state index contributed by atoms with van der Waals surface area (Å²) in [4.78, 5) is 31.9. The average molecular weight is 187 g/mol. The zero-order valence-corrected chi connectivity index (χ0v) is 7.80. The number of nitrogens with one attached hydrogen (secondary N) is 2. The maximum Gasteiger partial charge on any atom is 0.327 e. The molecule has 74 valence electrons. The Labute approximate surface area is 75.8 Å². The lowest BCUT2D eigenvalue weighted by Crippen LogP contribution is -2.50. The Morgan fingerprint density at radius 1 is 1.08 bits per heavy atom. The SMILES string of the molecule is CC(C)(C)C(=O)NNC(=O)C(N)=O. The largest absolute Gasteiger partial charge is 0.361 e. The summed E-state index contributed by atoms with van der Waals surface area (Å²) in [6, 6.07) is 0. The molecule has 6 heteroatoms. The second-order valence-electron chi connectivity index (χ2n) is 3.52. The van der Waals surface area contributed by atoms with Crippen molar-refractivity contribution in [1.82, 2.24) is 10.9 Å². The molecule has 0 unspecified atom stereocenters. The van der Waals surface area contributed by atoms with Crippen molar-refractivity contribution in [2.75, 3.05) is 0 Å². The van der Waals surface area contributed by atoms with Crippen molar-refractivity contribution in [1.29, 1.82) is 0 Å². The summed E-state index contributed by atoms with van der Waals surface area (Å²) in [7, 11) is 0. The van der Waals surface area contributed by atoms with Gasteiger partial charge >= 0.3 is 11.8 Å². The number of hydrogen-bond acceptors (Lipinski definition) is 3. The minimum absolute atomic E-state index is 0.401. The van der Waals surface area contributed by atoms with Crippen LogP contribution < -0.4 is 16.6 Å². The average Bonchev–Trinajstić information content (AvgIpc) is 1.97. The summed E-state index contributed by atoms with van der Waals surface area (Å²) >= 11 is 0. The van der Waals surface area contributed by atoms with Crippen LogP contribution in [0.5, 0.6) is 0 Å². The molecule has 0 spiro atoms. The molecule has 0 saturated carbocycles. The first-order valence-corrected chi connectivity index (χ1v) is 3.65. The zero-order valence-electron chi connectivity index (χ0n) is 7.80. The zero-order chi connectivity index (χ0) is 10.6. The summed E-state index contributed by atoms with van der Waals surface area (Å²) in [6.45, 7) is 5.00. The fraction of sp³-hybridized carbons (Fsp3) is 0.571. The number of primary amides is 1. The van der Waals surface area contributed by atoms with Crippen molar-refractivity contribution in [2.24, 2.45) is 11.1 Å². The fourth-order valence-electron chi connectivity index (χ4n) is 0.363. The normalized spacial score (nSPS) is 10.4. The highest BCUT2D eigenvalue weighted by atomic mass is 16.2. The van der Waals surface area contributed by atoms with Gasteiger partial charge in [-0.1, -0.05) is 20.8 Å². The standard InChI is InChI=1S/C7H13N3O3/c1-7(2,3)6(13)10-9-5(12)4(8)11/h1-3H3,(H2,8,11)(H,9,12)(H,10,13). The van der Waals surface area contributed by atoms with E-state index in [4.69, 9.17) is 0 Å². The Kier molecular flexibility index (Phi) is 3.41. The molecule has 3 amide bonds. The molecule has 0 aliphatic heterocycles. The van der Waals surface area contributed by atoms with Gasteiger partial charge in [-0.2, -0.15) is 0 Å². The smallest absolute Gasteiger partial charge is 0.327 e. The lowest BCUT2D eigenvalue weighted by Gasteiger charge is -2.17. The van der Waals surface area contributed by atoms with E-state index >= 15 is 0 Å². The molecule has 0 atom stereocenters. The van der Waals surface area contributed by atoms with Crippen molar-refractivity contribution < 1.29 is 14.4 Å². The van der Waals surface area contributed by atoms with Gasteiger partial charge in [-0.15, -0.1) is 0 Å². The summed E-state index contributed by atoms with van der Waals surface area (Å²) in [5.41, 5.74) is 7.93. The Balaban J connectivity index is 3.99. The molecule has 0 heterocycles. The molecular weight excluding hydrogens is 174 g/mol. The van der Waals surface area contributed by atoms with E-state index in [9.17, 15) is 14.4 Å². The first kappa shape index (κ1) is 11.4. The Morgan fingerprint density at radius 3 is 1.85 bits per heavy atom. The van der Waals surface area contributed by atoms with Crippen molar-refractivity contribution in [3.8, 4) is 0 Å². The van der Waals surface area contributed by atoms with E-state index in [2.05, 4.69) is 11.2 Å². The van der Waals surface area contributed by atoms with Gasteiger partial charge in [0.2, 0.25) is 5.91 Å². The number of rotatable bonds is 0. The van der Waals surface area contributed by atoms with Crippen molar-refractivity contribution in [2.45, 2.75) is 20.8 Å². The number of nitrogens with two attached hydrogens (primary N) is 1. The second-order valence-corrected chi connectivity index (χ2v) is 3.52. The third-order valence-electron chi connectivity index (χ3n) is 1.19. The van der Waals surface area contributed by atoms with Crippen LogP contribution in [0.1, 0.15) is 20.8 Å². The fourth-order valence-corrected chi connectivity index (χ4v) is 0.363. The molecule has 6 nitrogen and oxygen atoms in total. The predicted molar refractivity (Wildman–Crippen MR) is 44.9 cm³/mol. The Bertz CT molecular complexity index is 242. The van der Waals surface area contributed by atoms with Gasteiger partial charge in [0.1, 0.15) is 0 Å². The summed E-state index contributed by atoms with van der Waals surface area (Å²) in [5.74, 6) is -2.59. The van der Waals surface area contributed by atoms with E-state index in [0.29, 0.717) is 0 Å². The van der Waals surface area contributed by atoms with Crippen LogP contribution in [0.3, 0.4) is 0 Å². The number of carbonyl (C=O) groups is 3. The van der Waals surface area contributed by atoms with Crippen LogP contribution in [0.4, 0.5) is 0 Å². The third-order valence-corrected chi connectivity index (χ3v) is 1.19. The quantitative estimate of drug-likeness (QED) is 0.323. The van der Waals surface area contributed by atoms with E-state index in [1.807, 2.05) is 5.43 Å². The third kappa shape index (κ3) is 4.09. The van der Waals surface area contributed by atoms with Crippen molar-refractivity contribution in [3.05, 3.63) is 0 Å². The van der Waals surface area contributed by atoms with Crippen LogP contribution >= 0.6 is 0 Å². The highest BCUT2D eigenvalue weighted by molar-refractivity contribution is 6.34. The van der Waals surface area contributed by atoms with E-state index in [1.54, 1.807) is 20.8 Å². The van der Waals surface area contributed by atoms with Gasteiger partial charge in [0.15, 0.2) is 0 Å². The number of hydrogen-bond donors (Lipinski definition) is 3. The molecule has 0 aromatic heterocycles. The lowest BCUT2D eigenvalue weighted by atomic mass is 9.96. The summed E-state index contributed by atoms with van der Waals surface area (Å²) in [6.07, 6.45) is 0. The van der Waals surface area contributed by atoms with Gasteiger partial charge in [0.05, 0.1) is 0 Å². The van der Waals surface area contributed by atoms with Crippen molar-refractivity contribution in [3.63, 3.8) is 0 Å². The topological polar surface area (TPSA) is 101 Å². The van der Waals surface area contributed by atoms with Gasteiger partial charge in [-0.25, -0.2) is 0 Å². The molecule has 0 fully saturated rings. The lowest BCUT2D eigenvalue weighted by molar-refractivity contribution is -0.140. The first-order valence-electron chi connectivity index (χ1n) is 3.65. The molecule has 0 bridgehead atoms. The molecule has 0 aliphatic carbocycles. The molecule has 0 radical (unpaired) electrons. The van der Waals surface area contributed by atoms with E-state index in [1.165, 1.54) is 0 Å². The highest BCUT2D eigenvalue weighted by Gasteiger charge is 2.21. The van der Waals surface area contributed by atoms with Crippen LogP contribution in [0.2, 0.25) is 0 Å². The molecule has 4 N–H and O–H groups in total. The molecule has 0 aromatic rings. The maximum absolute atomic E-state index is 11.1.